The smallest absolute Gasteiger partial charge is 0.271 e. The largest absolute Gasteiger partial charge is 0.349 e. The fourth-order valence-electron chi connectivity index (χ4n) is 2.34. The third-order valence-electron chi connectivity index (χ3n) is 3.62. The molecule has 1 aromatic heterocycles. The molecule has 1 unspecified atom stereocenters. The standard InChI is InChI=1S/C17H10Cl2N4O2/c18-13-5-1-11(2-6-13)17(19,10-20)12-3-7-14(8-4-12)23-16(25)22-15(24)9-21-23/h1-9H,(H,22,24,25). The quantitative estimate of drug-likeness (QED) is 0.715. The maximum Gasteiger partial charge on any atom is 0.349 e. The molecule has 25 heavy (non-hydrogen) atoms. The summed E-state index contributed by atoms with van der Waals surface area (Å²) in [4.78, 5) is 23.6. The summed E-state index contributed by atoms with van der Waals surface area (Å²) in [5.41, 5.74) is 0.298. The molecule has 0 aliphatic rings. The van der Waals surface area contributed by atoms with Gasteiger partial charge in [0.1, 0.15) is 6.20 Å². The Bertz CT molecular complexity index is 1070. The molecule has 3 aromatic rings. The van der Waals surface area contributed by atoms with Crippen molar-refractivity contribution in [3.63, 3.8) is 0 Å². The molecule has 3 rings (SSSR count). The number of rotatable bonds is 3. The number of aromatic amines is 1. The Hall–Kier alpha value is -2.88. The van der Waals surface area contributed by atoms with Crippen molar-refractivity contribution in [1.82, 2.24) is 14.8 Å². The van der Waals surface area contributed by atoms with Gasteiger partial charge in [0.25, 0.3) is 5.56 Å². The van der Waals surface area contributed by atoms with E-state index < -0.39 is 16.1 Å². The molecule has 1 N–H and O–H groups in total. The maximum absolute atomic E-state index is 11.8. The summed E-state index contributed by atoms with van der Waals surface area (Å²) < 4.78 is 1.04. The second-order valence-corrected chi connectivity index (χ2v) is 6.18. The maximum atomic E-state index is 11.8. The zero-order valence-corrected chi connectivity index (χ0v) is 14.1. The normalized spacial score (nSPS) is 13.0. The van der Waals surface area contributed by atoms with Crippen LogP contribution in [0.3, 0.4) is 0 Å². The Labute approximate surface area is 151 Å². The van der Waals surface area contributed by atoms with Crippen LogP contribution < -0.4 is 11.2 Å². The van der Waals surface area contributed by atoms with Gasteiger partial charge in [0.15, 0.2) is 4.87 Å². The lowest BCUT2D eigenvalue weighted by atomic mass is 9.91. The number of benzene rings is 2. The van der Waals surface area contributed by atoms with Gasteiger partial charge in [-0.05, 0) is 35.4 Å². The van der Waals surface area contributed by atoms with Crippen LogP contribution in [0.15, 0.2) is 64.3 Å². The van der Waals surface area contributed by atoms with Crippen LogP contribution in [-0.4, -0.2) is 14.8 Å². The molecule has 1 atom stereocenters. The van der Waals surface area contributed by atoms with Gasteiger partial charge in [-0.3, -0.25) is 9.78 Å². The SMILES string of the molecule is N#CC(Cl)(c1ccc(Cl)cc1)c1ccc(-n2ncc(=O)[nH]c2=O)cc1. The van der Waals surface area contributed by atoms with Crippen molar-refractivity contribution in [1.29, 1.82) is 5.26 Å². The highest BCUT2D eigenvalue weighted by molar-refractivity contribution is 6.31. The van der Waals surface area contributed by atoms with Crippen molar-refractivity contribution < 1.29 is 0 Å². The van der Waals surface area contributed by atoms with Crippen LogP contribution in [0.25, 0.3) is 5.69 Å². The van der Waals surface area contributed by atoms with Crippen LogP contribution in [0, 0.1) is 11.3 Å². The molecule has 0 radical (unpaired) electrons. The van der Waals surface area contributed by atoms with E-state index in [9.17, 15) is 14.9 Å². The first-order valence-electron chi connectivity index (χ1n) is 7.10. The van der Waals surface area contributed by atoms with Crippen molar-refractivity contribution in [3.8, 4) is 11.8 Å². The summed E-state index contributed by atoms with van der Waals surface area (Å²) in [5, 5.41) is 13.9. The molecule has 0 aliphatic heterocycles. The predicted molar refractivity (Wildman–Crippen MR) is 94.2 cm³/mol. The van der Waals surface area contributed by atoms with E-state index in [1.165, 1.54) is 0 Å². The first-order chi connectivity index (χ1) is 11.9. The van der Waals surface area contributed by atoms with E-state index in [1.54, 1.807) is 48.5 Å². The molecule has 8 heteroatoms. The van der Waals surface area contributed by atoms with E-state index in [0.717, 1.165) is 10.9 Å². The summed E-state index contributed by atoms with van der Waals surface area (Å²) in [7, 11) is 0. The number of hydrogen-bond donors (Lipinski definition) is 1. The number of aromatic nitrogens is 3. The summed E-state index contributed by atoms with van der Waals surface area (Å²) in [6.45, 7) is 0. The fourth-order valence-corrected chi connectivity index (χ4v) is 2.72. The van der Waals surface area contributed by atoms with Crippen molar-refractivity contribution in [3.05, 3.63) is 91.7 Å². The molecular weight excluding hydrogens is 363 g/mol. The van der Waals surface area contributed by atoms with Crippen LogP contribution in [0.5, 0.6) is 0 Å². The molecule has 0 fully saturated rings. The molecule has 0 saturated heterocycles. The Morgan fingerprint density at radius 1 is 1.04 bits per heavy atom. The zero-order chi connectivity index (χ0) is 18.0. The number of nitrogens with one attached hydrogen (secondary N) is 1. The zero-order valence-electron chi connectivity index (χ0n) is 12.6. The average Bonchev–Trinajstić information content (AvgIpc) is 2.62. The molecule has 0 spiro atoms. The van der Waals surface area contributed by atoms with E-state index in [-0.39, 0.29) is 0 Å². The van der Waals surface area contributed by atoms with Crippen molar-refractivity contribution in [2.75, 3.05) is 0 Å². The summed E-state index contributed by atoms with van der Waals surface area (Å²) in [5.74, 6) is 0. The number of halogens is 2. The van der Waals surface area contributed by atoms with Gasteiger partial charge >= 0.3 is 5.69 Å². The van der Waals surface area contributed by atoms with E-state index in [1.807, 2.05) is 0 Å². The molecule has 0 aliphatic carbocycles. The number of nitrogens with zero attached hydrogens (tertiary/aromatic N) is 3. The van der Waals surface area contributed by atoms with Gasteiger partial charge in [-0.15, -0.1) is 0 Å². The van der Waals surface area contributed by atoms with Crippen LogP contribution in [0.2, 0.25) is 5.02 Å². The highest BCUT2D eigenvalue weighted by Crippen LogP contribution is 2.36. The third-order valence-corrected chi connectivity index (χ3v) is 4.39. The highest BCUT2D eigenvalue weighted by atomic mass is 35.5. The Kier molecular flexibility index (Phi) is 4.45. The highest BCUT2D eigenvalue weighted by Gasteiger charge is 2.32. The predicted octanol–water partition coefficient (Wildman–Crippen LogP) is 2.58. The van der Waals surface area contributed by atoms with Crippen LogP contribution in [-0.2, 0) is 4.87 Å². The first kappa shape index (κ1) is 17.0. The van der Waals surface area contributed by atoms with Crippen molar-refractivity contribution in [2.45, 2.75) is 4.87 Å². The van der Waals surface area contributed by atoms with Gasteiger partial charge < -0.3 is 0 Å². The number of nitriles is 1. The second-order valence-electron chi connectivity index (χ2n) is 5.17. The van der Waals surface area contributed by atoms with Crippen molar-refractivity contribution >= 4 is 23.2 Å². The summed E-state index contributed by atoms with van der Waals surface area (Å²) in [6, 6.07) is 15.2. The van der Waals surface area contributed by atoms with Crippen LogP contribution in [0.1, 0.15) is 11.1 Å². The molecule has 124 valence electrons. The van der Waals surface area contributed by atoms with Gasteiger partial charge in [-0.25, -0.2) is 4.79 Å². The Balaban J connectivity index is 2.03. The van der Waals surface area contributed by atoms with Crippen LogP contribution in [0.4, 0.5) is 0 Å². The van der Waals surface area contributed by atoms with Gasteiger partial charge in [0.2, 0.25) is 0 Å². The lowest BCUT2D eigenvalue weighted by Crippen LogP contribution is -2.30. The van der Waals surface area contributed by atoms with Gasteiger partial charge in [0, 0.05) is 5.02 Å². The first-order valence-corrected chi connectivity index (χ1v) is 7.85. The Morgan fingerprint density at radius 2 is 1.60 bits per heavy atom. The summed E-state index contributed by atoms with van der Waals surface area (Å²) >= 11 is 12.4. The van der Waals surface area contributed by atoms with Crippen molar-refractivity contribution in [2.24, 2.45) is 0 Å². The second kappa shape index (κ2) is 6.55. The minimum Gasteiger partial charge on any atom is -0.271 e. The van der Waals surface area contributed by atoms with Gasteiger partial charge in [0.05, 0.1) is 11.8 Å². The number of hydrogen-bond acceptors (Lipinski definition) is 4. The monoisotopic (exact) mass is 372 g/mol. The summed E-state index contributed by atoms with van der Waals surface area (Å²) in [6.07, 6.45) is 1.00. The minimum atomic E-state index is -1.40. The molecule has 0 bridgehead atoms. The lowest BCUT2D eigenvalue weighted by molar-refractivity contribution is 0.749. The minimum absolute atomic E-state index is 0.429. The molecule has 6 nitrogen and oxygen atoms in total. The van der Waals surface area contributed by atoms with E-state index in [4.69, 9.17) is 23.2 Å². The van der Waals surface area contributed by atoms with Crippen LogP contribution >= 0.6 is 23.2 Å². The van der Waals surface area contributed by atoms with E-state index >= 15 is 0 Å². The van der Waals surface area contributed by atoms with Gasteiger partial charge in [-0.2, -0.15) is 15.0 Å². The Morgan fingerprint density at radius 3 is 2.12 bits per heavy atom. The average molecular weight is 373 g/mol. The number of alkyl halides is 1. The fraction of sp³-hybridized carbons (Fsp3) is 0.0588. The molecule has 1 heterocycles. The number of H-pyrrole nitrogens is 1. The molecule has 2 aromatic carbocycles. The third kappa shape index (κ3) is 3.20. The van der Waals surface area contributed by atoms with E-state index in [0.29, 0.717) is 21.8 Å². The van der Waals surface area contributed by atoms with E-state index in [2.05, 4.69) is 16.2 Å². The molecule has 0 amide bonds. The van der Waals surface area contributed by atoms with Gasteiger partial charge in [-0.1, -0.05) is 47.5 Å². The molecular formula is C17H10Cl2N4O2. The molecule has 0 saturated carbocycles. The lowest BCUT2D eigenvalue weighted by Gasteiger charge is -2.20. The topological polar surface area (TPSA) is 91.5 Å².